The summed E-state index contributed by atoms with van der Waals surface area (Å²) in [5.41, 5.74) is 3.87. The number of aromatic nitrogens is 3. The van der Waals surface area contributed by atoms with Gasteiger partial charge in [-0.05, 0) is 67.3 Å². The van der Waals surface area contributed by atoms with E-state index in [2.05, 4.69) is 38.0 Å². The van der Waals surface area contributed by atoms with E-state index in [1.165, 1.54) is 17.4 Å². The Bertz CT molecular complexity index is 1780. The Morgan fingerprint density at radius 2 is 1.74 bits per heavy atom. The summed E-state index contributed by atoms with van der Waals surface area (Å²) in [5.74, 6) is 0.0690. The first-order valence-corrected chi connectivity index (χ1v) is 16.8. The largest absolute Gasteiger partial charge is 0.433 e. The zero-order valence-corrected chi connectivity index (χ0v) is 27.3. The van der Waals surface area contributed by atoms with Crippen LogP contribution in [0.15, 0.2) is 52.8 Å². The first kappa shape index (κ1) is 32.1. The van der Waals surface area contributed by atoms with Gasteiger partial charge in [-0.1, -0.05) is 45.9 Å². The molecule has 0 spiro atoms. The van der Waals surface area contributed by atoms with E-state index < -0.39 is 11.9 Å². The van der Waals surface area contributed by atoms with Crippen molar-refractivity contribution in [1.29, 1.82) is 0 Å². The van der Waals surface area contributed by atoms with Gasteiger partial charge in [0, 0.05) is 48.0 Å². The van der Waals surface area contributed by atoms with Crippen LogP contribution in [0.2, 0.25) is 0 Å². The van der Waals surface area contributed by atoms with Gasteiger partial charge in [0.1, 0.15) is 10.7 Å². The molecular formula is C35H38F3N5O2S. The lowest BCUT2D eigenvalue weighted by Gasteiger charge is -2.34. The molecule has 2 atom stereocenters. The summed E-state index contributed by atoms with van der Waals surface area (Å²) >= 11 is 1.22. The molecule has 1 amide bonds. The van der Waals surface area contributed by atoms with Crippen LogP contribution in [0.1, 0.15) is 73.4 Å². The Labute approximate surface area is 270 Å². The minimum absolute atomic E-state index is 0.0974. The first-order chi connectivity index (χ1) is 22.0. The number of pyridine rings is 2. The molecule has 0 radical (unpaired) electrons. The van der Waals surface area contributed by atoms with E-state index in [0.29, 0.717) is 59.9 Å². The number of rotatable bonds is 8. The third kappa shape index (κ3) is 6.14. The highest BCUT2D eigenvalue weighted by Gasteiger charge is 2.36. The number of nitrogens with one attached hydrogen (secondary N) is 1. The van der Waals surface area contributed by atoms with Crippen molar-refractivity contribution in [2.24, 2.45) is 5.92 Å². The highest BCUT2D eigenvalue weighted by Crippen LogP contribution is 2.34. The lowest BCUT2D eigenvalue weighted by molar-refractivity contribution is -0.141. The fourth-order valence-electron chi connectivity index (χ4n) is 6.69. The molecule has 7 nitrogen and oxygen atoms in total. The zero-order valence-electron chi connectivity index (χ0n) is 26.4. The maximum absolute atomic E-state index is 14.7. The number of fused-ring (bicyclic) bond motifs is 2. The number of piperazine rings is 1. The Hall–Kier alpha value is -3.83. The highest BCUT2D eigenvalue weighted by molar-refractivity contribution is 7.13. The molecule has 2 saturated heterocycles. The predicted molar refractivity (Wildman–Crippen MR) is 175 cm³/mol. The van der Waals surface area contributed by atoms with Crippen molar-refractivity contribution < 1.29 is 18.0 Å². The second kappa shape index (κ2) is 12.8. The summed E-state index contributed by atoms with van der Waals surface area (Å²) in [5, 5.41) is 5.69. The molecule has 4 aromatic rings. The number of likely N-dealkylation sites (tertiary alicyclic amines) is 1. The highest BCUT2D eigenvalue weighted by atomic mass is 32.1. The fourth-order valence-corrected chi connectivity index (χ4v) is 7.53. The molecule has 46 heavy (non-hydrogen) atoms. The van der Waals surface area contributed by atoms with Gasteiger partial charge in [0.2, 0.25) is 0 Å². The van der Waals surface area contributed by atoms with Gasteiger partial charge in [-0.2, -0.15) is 13.2 Å². The summed E-state index contributed by atoms with van der Waals surface area (Å²) < 4.78 is 41.1. The molecule has 1 N–H and O–H groups in total. The van der Waals surface area contributed by atoms with Crippen LogP contribution >= 0.6 is 11.3 Å². The molecule has 1 aromatic carbocycles. The van der Waals surface area contributed by atoms with E-state index in [-0.39, 0.29) is 35.0 Å². The normalized spacial score (nSPS) is 18.0. The van der Waals surface area contributed by atoms with Crippen molar-refractivity contribution in [2.75, 3.05) is 13.1 Å². The molecule has 3 aromatic heterocycles. The Balaban J connectivity index is 1.56. The third-order valence-corrected chi connectivity index (χ3v) is 9.79. The lowest BCUT2D eigenvalue weighted by atomic mass is 9.96. The van der Waals surface area contributed by atoms with Crippen molar-refractivity contribution in [3.05, 3.63) is 86.4 Å². The molecule has 0 unspecified atom stereocenters. The number of benzene rings is 1. The number of carbonyl (C=O) groups is 1. The van der Waals surface area contributed by atoms with Crippen molar-refractivity contribution in [3.8, 4) is 27.5 Å². The topological polar surface area (TPSA) is 80.1 Å². The average Bonchev–Trinajstić information content (AvgIpc) is 3.66. The van der Waals surface area contributed by atoms with E-state index in [4.69, 9.17) is 4.98 Å². The van der Waals surface area contributed by atoms with Gasteiger partial charge in [-0.25, -0.2) is 4.98 Å². The maximum atomic E-state index is 14.7. The number of hydrogen-bond donors (Lipinski definition) is 1. The number of amides is 1. The number of para-hydroxylation sites is 1. The zero-order chi connectivity index (χ0) is 32.7. The van der Waals surface area contributed by atoms with Gasteiger partial charge in [0.25, 0.3) is 11.5 Å². The summed E-state index contributed by atoms with van der Waals surface area (Å²) in [7, 11) is 0. The molecular weight excluding hydrogens is 611 g/mol. The smallest absolute Gasteiger partial charge is 0.335 e. The number of hydrogen-bond acceptors (Lipinski definition) is 6. The summed E-state index contributed by atoms with van der Waals surface area (Å²) in [6.07, 6.45) is 0.585. The van der Waals surface area contributed by atoms with Crippen LogP contribution in [0.5, 0.6) is 0 Å². The summed E-state index contributed by atoms with van der Waals surface area (Å²) in [6.45, 7) is 9.50. The van der Waals surface area contributed by atoms with Gasteiger partial charge in [0.15, 0.2) is 0 Å². The maximum Gasteiger partial charge on any atom is 0.433 e. The number of aryl methyl sites for hydroxylation is 2. The third-order valence-electron chi connectivity index (χ3n) is 8.91. The van der Waals surface area contributed by atoms with Crippen LogP contribution in [0, 0.1) is 5.92 Å². The van der Waals surface area contributed by atoms with Gasteiger partial charge < -0.3 is 10.2 Å². The number of alkyl halides is 3. The lowest BCUT2D eigenvalue weighted by Crippen LogP contribution is -2.53. The van der Waals surface area contributed by atoms with Crippen molar-refractivity contribution in [3.63, 3.8) is 0 Å². The van der Waals surface area contributed by atoms with Crippen molar-refractivity contribution in [2.45, 2.75) is 78.1 Å². The molecule has 2 bridgehead atoms. The van der Waals surface area contributed by atoms with E-state index in [1.807, 2.05) is 23.1 Å². The Morgan fingerprint density at radius 3 is 2.30 bits per heavy atom. The second-order valence-corrected chi connectivity index (χ2v) is 13.5. The molecule has 0 aliphatic carbocycles. The van der Waals surface area contributed by atoms with Crippen LogP contribution in [-0.2, 0) is 25.4 Å². The van der Waals surface area contributed by atoms with Gasteiger partial charge in [-0.15, -0.1) is 11.3 Å². The van der Waals surface area contributed by atoms with Crippen LogP contribution in [0.3, 0.4) is 0 Å². The Morgan fingerprint density at radius 1 is 1.07 bits per heavy atom. The molecule has 2 aliphatic rings. The van der Waals surface area contributed by atoms with Crippen LogP contribution in [0.4, 0.5) is 13.2 Å². The minimum Gasteiger partial charge on any atom is -0.335 e. The predicted octanol–water partition coefficient (Wildman–Crippen LogP) is 6.94. The van der Waals surface area contributed by atoms with Gasteiger partial charge in [-0.3, -0.25) is 19.1 Å². The van der Waals surface area contributed by atoms with E-state index in [9.17, 15) is 22.8 Å². The average molecular weight is 650 g/mol. The van der Waals surface area contributed by atoms with E-state index >= 15 is 0 Å². The number of nitrogens with zero attached hydrogens (tertiary/aromatic N) is 4. The molecule has 2 aliphatic heterocycles. The summed E-state index contributed by atoms with van der Waals surface area (Å²) in [4.78, 5) is 39.5. The molecule has 11 heteroatoms. The number of carbonyl (C=O) groups excluding carboxylic acids is 1. The number of halogens is 3. The molecule has 6 rings (SSSR count). The van der Waals surface area contributed by atoms with Crippen molar-refractivity contribution >= 4 is 17.2 Å². The quantitative estimate of drug-likeness (QED) is 0.224. The molecule has 2 fully saturated rings. The standard InChI is InChI=1S/C35H38F3N5O2S/c1-5-21-8-7-9-22(6-2)31(21)43-29(14-20(3)4)26(33(44)42-17-24-11-12-25(18-42)40-24)15-27(34(43)45)32-41-28(19-46-32)23-10-13-30(39-16-23)35(36,37)38/h7-10,13,15-16,19-20,24-25,40H,5-6,11-12,14,17-18H2,1-4H3/t24-,25+. The fraction of sp³-hybridized carbons (Fsp3) is 0.429. The first-order valence-electron chi connectivity index (χ1n) is 15.9. The summed E-state index contributed by atoms with van der Waals surface area (Å²) in [6, 6.07) is 10.5. The number of thiazole rings is 1. The SMILES string of the molecule is CCc1cccc(CC)c1-n1c(CC(C)C)c(C(=O)N2C[C@H]3CC[C@@H](C2)N3)cc(-c2nc(-c3ccc(C(F)(F)F)nc3)cs2)c1=O. The minimum atomic E-state index is -4.55. The molecule has 242 valence electrons. The van der Waals surface area contributed by atoms with Gasteiger partial charge in [0.05, 0.1) is 22.5 Å². The monoisotopic (exact) mass is 649 g/mol. The van der Waals surface area contributed by atoms with Crippen molar-refractivity contribution in [1.82, 2.24) is 24.8 Å². The van der Waals surface area contributed by atoms with E-state index in [1.54, 1.807) is 16.0 Å². The second-order valence-electron chi connectivity index (χ2n) is 12.6. The molecule has 5 heterocycles. The van der Waals surface area contributed by atoms with Crippen LogP contribution < -0.4 is 10.9 Å². The Kier molecular flexibility index (Phi) is 8.91. The molecule has 0 saturated carbocycles. The van der Waals surface area contributed by atoms with Gasteiger partial charge >= 0.3 is 6.18 Å². The van der Waals surface area contributed by atoms with Crippen LogP contribution in [0.25, 0.3) is 27.5 Å². The van der Waals surface area contributed by atoms with Crippen LogP contribution in [-0.4, -0.2) is 50.5 Å². The van der Waals surface area contributed by atoms with E-state index in [0.717, 1.165) is 41.9 Å².